The van der Waals surface area contributed by atoms with Crippen LogP contribution in [0.4, 0.5) is 5.69 Å². The molecular weight excluding hydrogens is 264 g/mol. The number of carbonyl (C=O) groups excluding carboxylic acids is 1. The molecule has 116 valence electrons. The van der Waals surface area contributed by atoms with Crippen LogP contribution in [0.25, 0.3) is 0 Å². The lowest BCUT2D eigenvalue weighted by Gasteiger charge is -2.32. The van der Waals surface area contributed by atoms with Crippen LogP contribution in [0.3, 0.4) is 0 Å². The van der Waals surface area contributed by atoms with Crippen molar-refractivity contribution in [3.63, 3.8) is 0 Å². The molecule has 0 radical (unpaired) electrons. The van der Waals surface area contributed by atoms with E-state index in [1.807, 2.05) is 29.2 Å². The average molecular weight is 290 g/mol. The first-order valence-electron chi connectivity index (χ1n) is 7.77. The summed E-state index contributed by atoms with van der Waals surface area (Å²) in [6.07, 6.45) is 5.08. The van der Waals surface area contributed by atoms with Crippen LogP contribution < -0.4 is 15.4 Å². The van der Waals surface area contributed by atoms with E-state index in [-0.39, 0.29) is 11.3 Å². The van der Waals surface area contributed by atoms with Crippen LogP contribution in [-0.4, -0.2) is 26.1 Å². The molecule has 4 heteroatoms. The SMILES string of the molecule is COc1ccc(N(CCCN)C(=O)C2(C)CCCC2)cc1. The van der Waals surface area contributed by atoms with E-state index >= 15 is 0 Å². The second-order valence-corrected chi connectivity index (χ2v) is 6.06. The van der Waals surface area contributed by atoms with E-state index in [1.54, 1.807) is 7.11 Å². The minimum absolute atomic E-state index is 0.214. The first-order valence-corrected chi connectivity index (χ1v) is 7.77. The van der Waals surface area contributed by atoms with Crippen LogP contribution in [0.2, 0.25) is 0 Å². The Hall–Kier alpha value is -1.55. The summed E-state index contributed by atoms with van der Waals surface area (Å²) in [6, 6.07) is 7.70. The standard InChI is InChI=1S/C17H26N2O2/c1-17(10-3-4-11-17)16(20)19(13-5-12-18)14-6-8-15(21-2)9-7-14/h6-9H,3-5,10-13,18H2,1-2H3. The Kier molecular flexibility index (Phi) is 5.23. The molecule has 4 nitrogen and oxygen atoms in total. The highest BCUT2D eigenvalue weighted by atomic mass is 16.5. The molecule has 1 fully saturated rings. The summed E-state index contributed by atoms with van der Waals surface area (Å²) in [5.74, 6) is 1.04. The number of benzene rings is 1. The number of rotatable bonds is 6. The number of nitrogens with two attached hydrogens (primary N) is 1. The van der Waals surface area contributed by atoms with E-state index in [2.05, 4.69) is 6.92 Å². The zero-order chi connectivity index (χ0) is 15.3. The monoisotopic (exact) mass is 290 g/mol. The fraction of sp³-hybridized carbons (Fsp3) is 0.588. The van der Waals surface area contributed by atoms with Gasteiger partial charge in [0.2, 0.25) is 5.91 Å². The topological polar surface area (TPSA) is 55.6 Å². The molecule has 0 aromatic heterocycles. The van der Waals surface area contributed by atoms with E-state index in [1.165, 1.54) is 0 Å². The Bertz CT molecular complexity index is 464. The van der Waals surface area contributed by atoms with Gasteiger partial charge in [-0.25, -0.2) is 0 Å². The van der Waals surface area contributed by atoms with Crippen molar-refractivity contribution in [2.45, 2.75) is 39.0 Å². The molecule has 1 aliphatic carbocycles. The summed E-state index contributed by atoms with van der Waals surface area (Å²) in [5.41, 5.74) is 6.35. The molecule has 0 unspecified atom stereocenters. The highest BCUT2D eigenvalue weighted by Gasteiger charge is 2.39. The Labute approximate surface area is 127 Å². The van der Waals surface area contributed by atoms with Gasteiger partial charge in [0.25, 0.3) is 0 Å². The molecule has 0 bridgehead atoms. The van der Waals surface area contributed by atoms with Crippen molar-refractivity contribution >= 4 is 11.6 Å². The van der Waals surface area contributed by atoms with Crippen molar-refractivity contribution in [2.75, 3.05) is 25.1 Å². The molecule has 0 spiro atoms. The normalized spacial score (nSPS) is 16.7. The van der Waals surface area contributed by atoms with E-state index < -0.39 is 0 Å². The molecule has 0 aliphatic heterocycles. The number of nitrogens with zero attached hydrogens (tertiary/aromatic N) is 1. The lowest BCUT2D eigenvalue weighted by Crippen LogP contribution is -2.42. The Morgan fingerprint density at radius 2 is 1.90 bits per heavy atom. The molecule has 1 saturated carbocycles. The van der Waals surface area contributed by atoms with Gasteiger partial charge in [0.15, 0.2) is 0 Å². The molecule has 0 heterocycles. The van der Waals surface area contributed by atoms with Gasteiger partial charge in [0.1, 0.15) is 5.75 Å². The van der Waals surface area contributed by atoms with Crippen molar-refractivity contribution in [3.8, 4) is 5.75 Å². The van der Waals surface area contributed by atoms with Crippen LogP contribution in [0.1, 0.15) is 39.0 Å². The van der Waals surface area contributed by atoms with Gasteiger partial charge in [-0.15, -0.1) is 0 Å². The third-order valence-corrected chi connectivity index (χ3v) is 4.44. The molecule has 21 heavy (non-hydrogen) atoms. The van der Waals surface area contributed by atoms with Crippen molar-refractivity contribution in [2.24, 2.45) is 11.1 Å². The predicted octanol–water partition coefficient (Wildman–Crippen LogP) is 2.96. The summed E-state index contributed by atoms with van der Waals surface area (Å²) < 4.78 is 5.19. The minimum atomic E-state index is -0.214. The fourth-order valence-electron chi connectivity index (χ4n) is 3.05. The number of methoxy groups -OCH3 is 1. The largest absolute Gasteiger partial charge is 0.497 e. The molecule has 2 N–H and O–H groups in total. The van der Waals surface area contributed by atoms with Gasteiger partial charge in [-0.1, -0.05) is 19.8 Å². The molecule has 1 aliphatic rings. The number of carbonyl (C=O) groups is 1. The van der Waals surface area contributed by atoms with Crippen molar-refractivity contribution < 1.29 is 9.53 Å². The minimum Gasteiger partial charge on any atom is -0.497 e. The summed E-state index contributed by atoms with van der Waals surface area (Å²) in [5, 5.41) is 0. The smallest absolute Gasteiger partial charge is 0.232 e. The van der Waals surface area contributed by atoms with Crippen LogP contribution >= 0.6 is 0 Å². The third kappa shape index (κ3) is 3.56. The van der Waals surface area contributed by atoms with Gasteiger partial charge in [-0.2, -0.15) is 0 Å². The van der Waals surface area contributed by atoms with Crippen molar-refractivity contribution in [1.82, 2.24) is 0 Å². The Morgan fingerprint density at radius 1 is 1.29 bits per heavy atom. The van der Waals surface area contributed by atoms with Gasteiger partial charge in [-0.3, -0.25) is 4.79 Å². The molecule has 0 atom stereocenters. The summed E-state index contributed by atoms with van der Waals surface area (Å²) in [4.78, 5) is 14.9. The number of hydrogen-bond donors (Lipinski definition) is 1. The number of ether oxygens (including phenoxy) is 1. The lowest BCUT2D eigenvalue weighted by molar-refractivity contribution is -0.127. The highest BCUT2D eigenvalue weighted by molar-refractivity contribution is 5.97. The molecule has 1 aromatic carbocycles. The lowest BCUT2D eigenvalue weighted by atomic mass is 9.87. The predicted molar refractivity (Wildman–Crippen MR) is 85.6 cm³/mol. The summed E-state index contributed by atoms with van der Waals surface area (Å²) in [6.45, 7) is 3.37. The zero-order valence-corrected chi connectivity index (χ0v) is 13.1. The third-order valence-electron chi connectivity index (χ3n) is 4.44. The number of hydrogen-bond acceptors (Lipinski definition) is 3. The molecule has 0 saturated heterocycles. The van der Waals surface area contributed by atoms with Gasteiger partial charge in [0, 0.05) is 17.6 Å². The Morgan fingerprint density at radius 3 is 2.43 bits per heavy atom. The quantitative estimate of drug-likeness (QED) is 0.876. The van der Waals surface area contributed by atoms with E-state index in [4.69, 9.17) is 10.5 Å². The maximum atomic E-state index is 13.0. The molecule has 1 amide bonds. The van der Waals surface area contributed by atoms with Crippen LogP contribution in [-0.2, 0) is 4.79 Å². The van der Waals surface area contributed by atoms with E-state index in [9.17, 15) is 4.79 Å². The van der Waals surface area contributed by atoms with Crippen molar-refractivity contribution in [1.29, 1.82) is 0 Å². The molecule has 2 rings (SSSR count). The first kappa shape index (κ1) is 15.8. The molecule has 1 aromatic rings. The summed E-state index contributed by atoms with van der Waals surface area (Å²) >= 11 is 0. The van der Waals surface area contributed by atoms with E-state index in [0.717, 1.165) is 43.5 Å². The van der Waals surface area contributed by atoms with Gasteiger partial charge in [0.05, 0.1) is 7.11 Å². The summed E-state index contributed by atoms with van der Waals surface area (Å²) in [7, 11) is 1.64. The Balaban J connectivity index is 2.22. The van der Waals surface area contributed by atoms with E-state index in [0.29, 0.717) is 13.1 Å². The zero-order valence-electron chi connectivity index (χ0n) is 13.1. The number of anilines is 1. The van der Waals surface area contributed by atoms with Crippen LogP contribution in [0, 0.1) is 5.41 Å². The first-order chi connectivity index (χ1) is 10.1. The van der Waals surface area contributed by atoms with Gasteiger partial charge < -0.3 is 15.4 Å². The molecular formula is C17H26N2O2. The average Bonchev–Trinajstić information content (AvgIpc) is 2.96. The second kappa shape index (κ2) is 6.94. The van der Waals surface area contributed by atoms with Gasteiger partial charge in [-0.05, 0) is 50.1 Å². The second-order valence-electron chi connectivity index (χ2n) is 6.06. The maximum absolute atomic E-state index is 13.0. The van der Waals surface area contributed by atoms with Crippen LogP contribution in [0.15, 0.2) is 24.3 Å². The maximum Gasteiger partial charge on any atom is 0.232 e. The number of amides is 1. The fourth-order valence-corrected chi connectivity index (χ4v) is 3.05. The van der Waals surface area contributed by atoms with Crippen molar-refractivity contribution in [3.05, 3.63) is 24.3 Å². The highest BCUT2D eigenvalue weighted by Crippen LogP contribution is 2.40. The van der Waals surface area contributed by atoms with Gasteiger partial charge >= 0.3 is 0 Å². The van der Waals surface area contributed by atoms with Crippen LogP contribution in [0.5, 0.6) is 5.75 Å².